The van der Waals surface area contributed by atoms with Gasteiger partial charge in [0.25, 0.3) is 5.91 Å². The number of fused-ring (bicyclic) bond motifs is 4. The molecule has 2 aromatic rings. The zero-order valence-corrected chi connectivity index (χ0v) is 12.8. The van der Waals surface area contributed by atoms with Crippen molar-refractivity contribution in [1.29, 1.82) is 0 Å². The first kappa shape index (κ1) is 13.7. The van der Waals surface area contributed by atoms with Gasteiger partial charge in [0.05, 0.1) is 19.6 Å². The van der Waals surface area contributed by atoms with Gasteiger partial charge in [0, 0.05) is 25.3 Å². The summed E-state index contributed by atoms with van der Waals surface area (Å²) in [6, 6.07) is 14.3. The Bertz CT molecular complexity index is 691. The maximum atomic E-state index is 12.5. The summed E-state index contributed by atoms with van der Waals surface area (Å²) in [4.78, 5) is 15.0. The molecule has 2 bridgehead atoms. The van der Waals surface area contributed by atoms with Gasteiger partial charge >= 0.3 is 0 Å². The Hall–Kier alpha value is -1.91. The van der Waals surface area contributed by atoms with E-state index < -0.39 is 0 Å². The number of amides is 1. The molecule has 0 radical (unpaired) electrons. The van der Waals surface area contributed by atoms with Crippen molar-refractivity contribution in [2.45, 2.75) is 0 Å². The fraction of sp³-hybridized carbons (Fsp3) is 0.389. The molecule has 114 valence electrons. The molecule has 4 heteroatoms. The van der Waals surface area contributed by atoms with Crippen LogP contribution in [-0.2, 0) is 4.79 Å². The molecule has 0 saturated carbocycles. The first-order chi connectivity index (χ1) is 10.7. The molecular weight excluding hydrogens is 274 g/mol. The number of piperazine rings is 3. The monoisotopic (exact) mass is 296 g/mol. The third-order valence-corrected chi connectivity index (χ3v) is 5.18. The number of anilines is 1. The van der Waals surface area contributed by atoms with Crippen molar-refractivity contribution in [2.24, 2.45) is 0 Å². The normalized spacial score (nSPS) is 27.0. The maximum Gasteiger partial charge on any atom is 0.279 e. The summed E-state index contributed by atoms with van der Waals surface area (Å²) in [7, 11) is 0. The van der Waals surface area contributed by atoms with Crippen molar-refractivity contribution in [3.8, 4) is 0 Å². The van der Waals surface area contributed by atoms with Crippen LogP contribution in [-0.4, -0.2) is 61.1 Å². The van der Waals surface area contributed by atoms with Crippen molar-refractivity contribution < 1.29 is 9.28 Å². The minimum Gasteiger partial charge on any atom is -0.321 e. The van der Waals surface area contributed by atoms with Gasteiger partial charge in [-0.15, -0.1) is 0 Å². The lowest BCUT2D eigenvalue weighted by atomic mass is 10.1. The Balaban J connectivity index is 1.46. The molecule has 0 unspecified atom stereocenters. The fourth-order valence-corrected chi connectivity index (χ4v) is 3.74. The van der Waals surface area contributed by atoms with Crippen molar-refractivity contribution in [3.63, 3.8) is 0 Å². The zero-order valence-electron chi connectivity index (χ0n) is 12.8. The van der Waals surface area contributed by atoms with Gasteiger partial charge in [-0.25, -0.2) is 0 Å². The quantitative estimate of drug-likeness (QED) is 0.878. The fourth-order valence-electron chi connectivity index (χ4n) is 3.74. The second-order valence-electron chi connectivity index (χ2n) is 6.62. The second-order valence-corrected chi connectivity index (χ2v) is 6.62. The Morgan fingerprint density at radius 3 is 2.41 bits per heavy atom. The molecule has 3 aliphatic rings. The van der Waals surface area contributed by atoms with Crippen LogP contribution in [0, 0.1) is 0 Å². The van der Waals surface area contributed by atoms with Crippen LogP contribution in [0.15, 0.2) is 42.5 Å². The summed E-state index contributed by atoms with van der Waals surface area (Å²) in [5.74, 6) is 0.144. The average molecular weight is 296 g/mol. The van der Waals surface area contributed by atoms with Crippen molar-refractivity contribution in [3.05, 3.63) is 42.5 Å². The number of quaternary nitrogens is 1. The Morgan fingerprint density at radius 2 is 1.68 bits per heavy atom. The number of rotatable bonds is 3. The molecule has 4 nitrogen and oxygen atoms in total. The lowest BCUT2D eigenvalue weighted by molar-refractivity contribution is -0.933. The maximum absolute atomic E-state index is 12.5. The Kier molecular flexibility index (Phi) is 3.36. The van der Waals surface area contributed by atoms with Crippen LogP contribution < -0.4 is 5.32 Å². The highest BCUT2D eigenvalue weighted by Crippen LogP contribution is 2.21. The number of carbonyl (C=O) groups is 1. The number of benzene rings is 2. The summed E-state index contributed by atoms with van der Waals surface area (Å²) >= 11 is 0. The van der Waals surface area contributed by atoms with Crippen LogP contribution in [0.2, 0.25) is 0 Å². The van der Waals surface area contributed by atoms with Gasteiger partial charge < -0.3 is 9.80 Å². The number of nitrogens with one attached hydrogen (secondary N) is 1. The van der Waals surface area contributed by atoms with Gasteiger partial charge in [0.15, 0.2) is 6.54 Å². The third-order valence-electron chi connectivity index (χ3n) is 5.18. The molecule has 0 aliphatic carbocycles. The van der Waals surface area contributed by atoms with Crippen LogP contribution in [0.5, 0.6) is 0 Å². The molecular formula is C18H22N3O+. The zero-order chi connectivity index (χ0) is 15.0. The standard InChI is InChI=1S/C18H21N3O/c22-18(14-21-10-7-20(8-11-21)9-12-21)19-17-6-5-15-3-1-2-4-16(15)13-17/h1-6,13H,7-12,14H2/p+1. The minimum absolute atomic E-state index is 0.144. The summed E-state index contributed by atoms with van der Waals surface area (Å²) in [6.07, 6.45) is 0. The van der Waals surface area contributed by atoms with Crippen LogP contribution in [0.4, 0.5) is 5.69 Å². The SMILES string of the molecule is O=C(C[N+]12CCN(CC1)CC2)Nc1ccc2ccccc2c1. The molecule has 22 heavy (non-hydrogen) atoms. The predicted molar refractivity (Wildman–Crippen MR) is 88.7 cm³/mol. The van der Waals surface area contributed by atoms with Gasteiger partial charge in [0.1, 0.15) is 0 Å². The van der Waals surface area contributed by atoms with Crippen molar-refractivity contribution >= 4 is 22.4 Å². The van der Waals surface area contributed by atoms with Gasteiger partial charge in [-0.05, 0) is 22.9 Å². The molecule has 0 spiro atoms. The van der Waals surface area contributed by atoms with E-state index in [4.69, 9.17) is 0 Å². The minimum atomic E-state index is 0.144. The van der Waals surface area contributed by atoms with E-state index in [1.165, 1.54) is 10.8 Å². The summed E-state index contributed by atoms with van der Waals surface area (Å²) in [5, 5.41) is 5.46. The van der Waals surface area contributed by atoms with E-state index in [9.17, 15) is 4.79 Å². The van der Waals surface area contributed by atoms with E-state index in [0.717, 1.165) is 49.4 Å². The molecule has 1 N–H and O–H groups in total. The van der Waals surface area contributed by atoms with E-state index in [2.05, 4.69) is 34.5 Å². The van der Waals surface area contributed by atoms with Gasteiger partial charge in [-0.2, -0.15) is 0 Å². The highest BCUT2D eigenvalue weighted by atomic mass is 16.2. The molecule has 0 aromatic heterocycles. The highest BCUT2D eigenvalue weighted by Gasteiger charge is 2.39. The first-order valence-corrected chi connectivity index (χ1v) is 8.09. The van der Waals surface area contributed by atoms with Crippen molar-refractivity contribution in [2.75, 3.05) is 51.1 Å². The highest BCUT2D eigenvalue weighted by molar-refractivity contribution is 5.95. The summed E-state index contributed by atoms with van der Waals surface area (Å²) < 4.78 is 0.968. The molecule has 5 rings (SSSR count). The van der Waals surface area contributed by atoms with Crippen LogP contribution in [0.25, 0.3) is 10.8 Å². The second kappa shape index (κ2) is 5.38. The van der Waals surface area contributed by atoms with E-state index in [0.29, 0.717) is 6.54 Å². The molecule has 3 saturated heterocycles. The number of hydrogen-bond donors (Lipinski definition) is 1. The van der Waals surface area contributed by atoms with E-state index in [-0.39, 0.29) is 5.91 Å². The van der Waals surface area contributed by atoms with Crippen molar-refractivity contribution in [1.82, 2.24) is 4.90 Å². The van der Waals surface area contributed by atoms with E-state index >= 15 is 0 Å². The topological polar surface area (TPSA) is 32.3 Å². The van der Waals surface area contributed by atoms with E-state index in [1.807, 2.05) is 18.2 Å². The number of carbonyl (C=O) groups excluding carboxylic acids is 1. The number of hydrogen-bond acceptors (Lipinski definition) is 2. The first-order valence-electron chi connectivity index (χ1n) is 8.09. The summed E-state index contributed by atoms with van der Waals surface area (Å²) in [5.41, 5.74) is 0.901. The molecule has 3 fully saturated rings. The van der Waals surface area contributed by atoms with Gasteiger partial charge in [-0.3, -0.25) is 9.69 Å². The molecule has 1 amide bonds. The summed E-state index contributed by atoms with van der Waals surface area (Å²) in [6.45, 7) is 7.39. The Morgan fingerprint density at radius 1 is 1.00 bits per heavy atom. The lowest BCUT2D eigenvalue weighted by Crippen LogP contribution is -2.68. The predicted octanol–water partition coefficient (Wildman–Crippen LogP) is 1.92. The lowest BCUT2D eigenvalue weighted by Gasteiger charge is -2.50. The van der Waals surface area contributed by atoms with Gasteiger partial charge in [0.2, 0.25) is 0 Å². The van der Waals surface area contributed by atoms with Crippen LogP contribution >= 0.6 is 0 Å². The molecule has 0 atom stereocenters. The molecule has 3 aliphatic heterocycles. The van der Waals surface area contributed by atoms with Crippen LogP contribution in [0.3, 0.4) is 0 Å². The largest absolute Gasteiger partial charge is 0.321 e. The molecule has 2 aromatic carbocycles. The van der Waals surface area contributed by atoms with Gasteiger partial charge in [-0.1, -0.05) is 30.3 Å². The average Bonchev–Trinajstić information content (AvgIpc) is 2.56. The smallest absolute Gasteiger partial charge is 0.279 e. The Labute approximate surface area is 130 Å². The third kappa shape index (κ3) is 2.60. The molecule has 3 heterocycles. The number of nitrogens with zero attached hydrogens (tertiary/aromatic N) is 2. The van der Waals surface area contributed by atoms with Crippen LogP contribution in [0.1, 0.15) is 0 Å². The van der Waals surface area contributed by atoms with E-state index in [1.54, 1.807) is 0 Å².